The highest BCUT2D eigenvalue weighted by Gasteiger charge is 2.46. The summed E-state index contributed by atoms with van der Waals surface area (Å²) in [6.45, 7) is 4.96. The minimum Gasteiger partial charge on any atom is -0.458 e. The fourth-order valence-electron chi connectivity index (χ4n) is 5.67. The van der Waals surface area contributed by atoms with Crippen molar-refractivity contribution in [3.05, 3.63) is 56.9 Å². The van der Waals surface area contributed by atoms with E-state index in [0.29, 0.717) is 48.8 Å². The van der Waals surface area contributed by atoms with Crippen molar-refractivity contribution >= 4 is 33.1 Å². The van der Waals surface area contributed by atoms with Crippen LogP contribution in [0.2, 0.25) is 0 Å². The largest absolute Gasteiger partial charge is 0.522 e. The number of nitrogens with one attached hydrogen (secondary N) is 1. The van der Waals surface area contributed by atoms with Crippen molar-refractivity contribution in [2.75, 3.05) is 40.3 Å². The lowest BCUT2D eigenvalue weighted by Crippen LogP contribution is -2.47. The lowest BCUT2D eigenvalue weighted by molar-refractivity contribution is -0.172. The van der Waals surface area contributed by atoms with Crippen LogP contribution in [0, 0.1) is 0 Å². The van der Waals surface area contributed by atoms with Gasteiger partial charge in [0.05, 0.1) is 29.0 Å². The van der Waals surface area contributed by atoms with E-state index >= 15 is 0 Å². The van der Waals surface area contributed by atoms with Crippen LogP contribution in [-0.4, -0.2) is 95.3 Å². The number of rotatable bonds is 4. The zero-order valence-corrected chi connectivity index (χ0v) is 26.4. The number of fused-ring (bicyclic) bond motifs is 5. The van der Waals surface area contributed by atoms with Crippen LogP contribution >= 0.6 is 0 Å². The molecule has 0 radical (unpaired) electrons. The van der Waals surface area contributed by atoms with E-state index in [-0.39, 0.29) is 35.8 Å². The fraction of sp³-hybridized carbons (Fsp3) is 0.448. The van der Waals surface area contributed by atoms with Crippen molar-refractivity contribution in [1.82, 2.24) is 24.7 Å². The standard InChI is InChI=1S/C28H31N5O6.CHF3O3S/c1-4-28(37)20-12-22-24-16(13-33(22)25(34)19(20)15-38-26(28)35)11-17-18(14-31(2)3)23(6-5-21(17)30-24)39-27(36)32-9-7-29-8-10-32;2-1(3,4)8(5,6)7/h5-6,11-12,29,37H,4,7-10,13-15H2,1-3H3;(H,5,6,7)/t28-;/m0./s1. The summed E-state index contributed by atoms with van der Waals surface area (Å²) in [4.78, 5) is 47.4. The first kappa shape index (κ1) is 34.2. The second-order valence-corrected chi connectivity index (χ2v) is 12.9. The number of alkyl halides is 3. The number of pyridine rings is 2. The third-order valence-corrected chi connectivity index (χ3v) is 8.68. The van der Waals surface area contributed by atoms with Gasteiger partial charge in [0.15, 0.2) is 5.60 Å². The van der Waals surface area contributed by atoms with Gasteiger partial charge in [0.25, 0.3) is 5.56 Å². The van der Waals surface area contributed by atoms with E-state index in [9.17, 15) is 32.7 Å². The van der Waals surface area contributed by atoms with E-state index in [1.54, 1.807) is 28.5 Å². The number of nitrogens with zero attached hydrogens (tertiary/aromatic N) is 4. The second-order valence-electron chi connectivity index (χ2n) is 11.5. The Kier molecular flexibility index (Phi) is 9.10. The van der Waals surface area contributed by atoms with Crippen molar-refractivity contribution < 1.29 is 50.3 Å². The van der Waals surface area contributed by atoms with Gasteiger partial charge in [0.2, 0.25) is 0 Å². The van der Waals surface area contributed by atoms with Crippen molar-refractivity contribution in [3.8, 4) is 17.1 Å². The molecule has 3 aliphatic heterocycles. The van der Waals surface area contributed by atoms with Gasteiger partial charge in [-0.15, -0.1) is 0 Å². The Morgan fingerprint density at radius 3 is 2.45 bits per heavy atom. The summed E-state index contributed by atoms with van der Waals surface area (Å²) in [6.07, 6.45) is -0.294. The highest BCUT2D eigenvalue weighted by molar-refractivity contribution is 7.86. The molecule has 3 N–H and O–H groups in total. The van der Waals surface area contributed by atoms with Crippen molar-refractivity contribution in [3.63, 3.8) is 0 Å². The molecule has 3 aromatic rings. The van der Waals surface area contributed by atoms with Crippen LogP contribution in [0.15, 0.2) is 29.1 Å². The minimum absolute atomic E-state index is 0.0864. The summed E-state index contributed by atoms with van der Waals surface area (Å²) in [5.74, 6) is -0.268. The molecule has 5 heterocycles. The number of hydrogen-bond acceptors (Lipinski definition) is 11. The maximum Gasteiger partial charge on any atom is 0.522 e. The summed E-state index contributed by atoms with van der Waals surface area (Å²) >= 11 is 0. The number of carbonyl (C=O) groups is 2. The number of benzene rings is 1. The zero-order valence-electron chi connectivity index (χ0n) is 25.5. The molecule has 1 aromatic carbocycles. The second kappa shape index (κ2) is 12.5. The van der Waals surface area contributed by atoms with Crippen LogP contribution in [0.4, 0.5) is 18.0 Å². The number of amides is 1. The van der Waals surface area contributed by atoms with Crippen molar-refractivity contribution in [2.24, 2.45) is 0 Å². The van der Waals surface area contributed by atoms with Gasteiger partial charge < -0.3 is 34.3 Å². The number of hydrogen-bond donors (Lipinski definition) is 3. The van der Waals surface area contributed by atoms with Gasteiger partial charge in [0.1, 0.15) is 12.4 Å². The van der Waals surface area contributed by atoms with Crippen LogP contribution in [0.3, 0.4) is 0 Å². The summed E-state index contributed by atoms with van der Waals surface area (Å²) in [5.41, 5.74) is -3.60. The monoisotopic (exact) mass is 683 g/mol. The molecule has 254 valence electrons. The third-order valence-electron chi connectivity index (χ3n) is 8.10. The Morgan fingerprint density at radius 2 is 1.85 bits per heavy atom. The Bertz CT molecular complexity index is 1920. The number of piperazine rings is 1. The van der Waals surface area contributed by atoms with Gasteiger partial charge in [-0.2, -0.15) is 21.6 Å². The normalized spacial score (nSPS) is 19.0. The molecular formula is C29H32F3N5O9S. The first-order chi connectivity index (χ1) is 22.0. The molecule has 3 aliphatic rings. The molecule has 0 bridgehead atoms. The quantitative estimate of drug-likeness (QED) is 0.162. The van der Waals surface area contributed by atoms with E-state index < -0.39 is 27.2 Å². The summed E-state index contributed by atoms with van der Waals surface area (Å²) in [7, 11) is -1.95. The number of ether oxygens (including phenoxy) is 2. The van der Waals surface area contributed by atoms with E-state index in [0.717, 1.165) is 29.6 Å². The fourth-order valence-corrected chi connectivity index (χ4v) is 5.67. The zero-order chi connectivity index (χ0) is 34.5. The maximum absolute atomic E-state index is 13.5. The number of halogens is 3. The molecule has 1 saturated heterocycles. The topological polar surface area (TPSA) is 181 Å². The number of aliphatic hydroxyl groups is 1. The molecule has 6 rings (SSSR count). The van der Waals surface area contributed by atoms with Crippen LogP contribution in [0.5, 0.6) is 5.75 Å². The maximum atomic E-state index is 13.5. The highest BCUT2D eigenvalue weighted by atomic mass is 32.2. The van der Waals surface area contributed by atoms with Crippen LogP contribution in [0.1, 0.15) is 35.6 Å². The van der Waals surface area contributed by atoms with Crippen LogP contribution in [0.25, 0.3) is 22.3 Å². The van der Waals surface area contributed by atoms with Gasteiger partial charge in [-0.1, -0.05) is 6.92 Å². The smallest absolute Gasteiger partial charge is 0.458 e. The summed E-state index contributed by atoms with van der Waals surface area (Å²) in [6, 6.07) is 7.28. The average molecular weight is 684 g/mol. The Balaban J connectivity index is 0.000000483. The third kappa shape index (κ3) is 6.42. The van der Waals surface area contributed by atoms with Gasteiger partial charge in [-0.3, -0.25) is 9.35 Å². The lowest BCUT2D eigenvalue weighted by atomic mass is 9.86. The van der Waals surface area contributed by atoms with Gasteiger partial charge in [-0.05, 0) is 44.8 Å². The SMILES string of the molecule is CC[C@@]1(O)C(=O)OCc2c1cc1n(c2=O)Cc2cc3c(CN(C)C)c(OC(=O)N4CCNCC4)ccc3nc2-1.O=S(=O)(O)C(F)(F)F. The molecule has 18 heteroatoms. The molecule has 2 aromatic heterocycles. The molecule has 0 saturated carbocycles. The van der Waals surface area contributed by atoms with Crippen LogP contribution < -0.4 is 15.6 Å². The molecule has 14 nitrogen and oxygen atoms in total. The van der Waals surface area contributed by atoms with Gasteiger partial charge >= 0.3 is 27.7 Å². The highest BCUT2D eigenvalue weighted by Crippen LogP contribution is 2.40. The Morgan fingerprint density at radius 1 is 1.19 bits per heavy atom. The molecule has 47 heavy (non-hydrogen) atoms. The number of cyclic esters (lactones) is 1. The number of esters is 1. The lowest BCUT2D eigenvalue weighted by Gasteiger charge is -2.31. The predicted octanol–water partition coefficient (Wildman–Crippen LogP) is 1.94. The first-order valence-corrected chi connectivity index (χ1v) is 15.9. The molecule has 1 amide bonds. The summed E-state index contributed by atoms with van der Waals surface area (Å²) < 4.78 is 70.2. The van der Waals surface area contributed by atoms with E-state index in [1.165, 1.54) is 0 Å². The Labute approximate surface area is 266 Å². The van der Waals surface area contributed by atoms with E-state index in [2.05, 4.69) is 5.32 Å². The average Bonchev–Trinajstić information content (AvgIpc) is 3.37. The first-order valence-electron chi connectivity index (χ1n) is 14.4. The van der Waals surface area contributed by atoms with E-state index in [1.807, 2.05) is 31.1 Å². The molecule has 0 spiro atoms. The van der Waals surface area contributed by atoms with Gasteiger partial charge in [-0.25, -0.2) is 14.6 Å². The predicted molar refractivity (Wildman–Crippen MR) is 160 cm³/mol. The molecule has 1 fully saturated rings. The summed E-state index contributed by atoms with van der Waals surface area (Å²) in [5, 5.41) is 15.2. The van der Waals surface area contributed by atoms with Crippen LogP contribution in [-0.2, 0) is 44.9 Å². The molecule has 0 unspecified atom stereocenters. The van der Waals surface area contributed by atoms with E-state index in [4.69, 9.17) is 27.4 Å². The molecule has 0 aliphatic carbocycles. The molecule has 1 atom stereocenters. The number of carbonyl (C=O) groups excluding carboxylic acids is 2. The van der Waals surface area contributed by atoms with Crippen molar-refractivity contribution in [2.45, 2.75) is 44.2 Å². The molecular weight excluding hydrogens is 651 g/mol. The number of aromatic nitrogens is 2. The minimum atomic E-state index is -5.84. The van der Waals surface area contributed by atoms with Gasteiger partial charge in [0, 0.05) is 54.8 Å². The Hall–Kier alpha value is -4.10. The van der Waals surface area contributed by atoms with Crippen molar-refractivity contribution in [1.29, 1.82) is 0 Å².